The van der Waals surface area contributed by atoms with Crippen molar-refractivity contribution in [3.8, 4) is 0 Å². The Hall–Kier alpha value is -0.485. The van der Waals surface area contributed by atoms with E-state index in [0.717, 1.165) is 5.56 Å². The van der Waals surface area contributed by atoms with Crippen LogP contribution in [0.4, 0.5) is 4.79 Å². The number of rotatable bonds is 2. The minimum atomic E-state index is -0.759. The third-order valence-corrected chi connectivity index (χ3v) is 1.86. The largest absolute Gasteiger partial charge is 1.00 e. The maximum Gasteiger partial charge on any atom is 1.00 e. The zero-order valence-corrected chi connectivity index (χ0v) is 10.9. The first-order chi connectivity index (χ1) is 7.13. The SMILES string of the molecule is [CH2-]/C(=N\[N-]C(=O)OC)c1ccc(Cl)cc1.[Li+].[Li+]. The molecule has 0 aromatic heterocycles. The minimum Gasteiger partial charge on any atom is -0.511 e. The molecule has 1 rings (SSSR count). The third-order valence-electron chi connectivity index (χ3n) is 1.60. The number of halogens is 1. The summed E-state index contributed by atoms with van der Waals surface area (Å²) in [6, 6.07) is 6.88. The Morgan fingerprint density at radius 2 is 1.88 bits per heavy atom. The maximum absolute atomic E-state index is 10.7. The van der Waals surface area contributed by atoms with E-state index in [1.807, 2.05) is 0 Å². The van der Waals surface area contributed by atoms with Crippen LogP contribution in [0.3, 0.4) is 0 Å². The standard InChI is InChI=1S/C10H10ClN2O2.2Li/c1-7(12-13-10(14)15-2)8-3-5-9(11)6-4-8;;/h3-6H,1H2,2H3,(H,13,14);;/q-1;2*+1/p-1/b12-7+;;. The molecule has 0 radical (unpaired) electrons. The van der Waals surface area contributed by atoms with Crippen molar-refractivity contribution >= 4 is 23.4 Å². The molecule has 0 aliphatic rings. The van der Waals surface area contributed by atoms with Gasteiger partial charge in [0.2, 0.25) is 6.09 Å². The number of hydrogen-bond donors (Lipinski definition) is 0. The molecular formula is C10H9ClLi2N2O2. The number of nitrogens with zero attached hydrogens (tertiary/aromatic N) is 2. The molecule has 0 spiro atoms. The van der Waals surface area contributed by atoms with Gasteiger partial charge < -0.3 is 15.3 Å². The molecule has 0 aliphatic carbocycles. The van der Waals surface area contributed by atoms with Crippen molar-refractivity contribution in [1.29, 1.82) is 0 Å². The Kier molecular flexibility index (Phi) is 10.6. The van der Waals surface area contributed by atoms with Crippen LogP contribution in [0.2, 0.25) is 5.02 Å². The molecule has 1 aromatic rings. The molecule has 80 valence electrons. The second-order valence-corrected chi connectivity index (χ2v) is 3.06. The molecule has 0 N–H and O–H groups in total. The van der Waals surface area contributed by atoms with E-state index in [-0.39, 0.29) is 37.7 Å². The second kappa shape index (κ2) is 9.54. The molecule has 0 bridgehead atoms. The normalized spacial score (nSPS) is 9.65. The second-order valence-electron chi connectivity index (χ2n) is 2.62. The van der Waals surface area contributed by atoms with Gasteiger partial charge in [0.1, 0.15) is 0 Å². The molecular weight excluding hydrogens is 229 g/mol. The number of ether oxygens (including phenoxy) is 1. The minimum absolute atomic E-state index is 0. The summed E-state index contributed by atoms with van der Waals surface area (Å²) >= 11 is 5.71. The topological polar surface area (TPSA) is 52.8 Å². The van der Waals surface area contributed by atoms with Crippen molar-refractivity contribution in [2.24, 2.45) is 5.10 Å². The van der Waals surface area contributed by atoms with E-state index < -0.39 is 6.09 Å². The van der Waals surface area contributed by atoms with Crippen molar-refractivity contribution in [2.75, 3.05) is 7.11 Å². The summed E-state index contributed by atoms with van der Waals surface area (Å²) in [5.74, 6) is 0. The Morgan fingerprint density at radius 1 is 1.35 bits per heavy atom. The van der Waals surface area contributed by atoms with E-state index in [2.05, 4.69) is 22.2 Å². The first kappa shape index (κ1) is 18.9. The summed E-state index contributed by atoms with van der Waals surface area (Å²) in [4.78, 5) is 10.7. The Balaban J connectivity index is 0. The van der Waals surface area contributed by atoms with E-state index in [1.54, 1.807) is 24.3 Å². The van der Waals surface area contributed by atoms with Gasteiger partial charge in [-0.1, -0.05) is 23.7 Å². The van der Waals surface area contributed by atoms with E-state index >= 15 is 0 Å². The molecule has 7 heteroatoms. The average molecular weight is 239 g/mol. The third kappa shape index (κ3) is 6.73. The van der Waals surface area contributed by atoms with Gasteiger partial charge in [0, 0.05) is 5.02 Å². The Morgan fingerprint density at radius 3 is 2.35 bits per heavy atom. The van der Waals surface area contributed by atoms with E-state index in [9.17, 15) is 4.79 Å². The summed E-state index contributed by atoms with van der Waals surface area (Å²) < 4.78 is 4.29. The van der Waals surface area contributed by atoms with Crippen molar-refractivity contribution in [1.82, 2.24) is 0 Å². The number of amides is 1. The summed E-state index contributed by atoms with van der Waals surface area (Å²) in [5.41, 5.74) is 4.39. The van der Waals surface area contributed by atoms with Gasteiger partial charge in [-0.3, -0.25) is 4.79 Å². The van der Waals surface area contributed by atoms with Crippen LogP contribution in [-0.2, 0) is 4.74 Å². The van der Waals surface area contributed by atoms with Crippen molar-refractivity contribution in [3.05, 3.63) is 47.2 Å². The number of carbonyl (C=O) groups is 1. The Bertz CT molecular complexity index is 382. The van der Waals surface area contributed by atoms with Crippen molar-refractivity contribution < 1.29 is 47.3 Å². The molecule has 0 saturated heterocycles. The van der Waals surface area contributed by atoms with Crippen molar-refractivity contribution in [3.63, 3.8) is 0 Å². The van der Waals surface area contributed by atoms with Crippen LogP contribution in [0.5, 0.6) is 0 Å². The summed E-state index contributed by atoms with van der Waals surface area (Å²) in [6.07, 6.45) is -0.759. The molecule has 1 aromatic carbocycles. The van der Waals surface area contributed by atoms with Crippen LogP contribution in [0, 0.1) is 6.92 Å². The smallest absolute Gasteiger partial charge is 0.511 e. The molecule has 0 fully saturated rings. The number of carbonyl (C=O) groups excluding carboxylic acids is 1. The zero-order valence-electron chi connectivity index (χ0n) is 10.1. The molecule has 0 saturated carbocycles. The fraction of sp³-hybridized carbons (Fsp3) is 0.100. The quantitative estimate of drug-likeness (QED) is 0.239. The van der Waals surface area contributed by atoms with Gasteiger partial charge in [0.05, 0.1) is 7.11 Å². The predicted molar refractivity (Wildman–Crippen MR) is 59.1 cm³/mol. The number of benzene rings is 1. The van der Waals surface area contributed by atoms with E-state index in [4.69, 9.17) is 11.6 Å². The van der Waals surface area contributed by atoms with Crippen LogP contribution >= 0.6 is 11.6 Å². The van der Waals surface area contributed by atoms with Gasteiger partial charge >= 0.3 is 37.7 Å². The fourth-order valence-corrected chi connectivity index (χ4v) is 0.968. The van der Waals surface area contributed by atoms with Gasteiger partial charge in [0.25, 0.3) is 0 Å². The van der Waals surface area contributed by atoms with Gasteiger partial charge in [-0.2, -0.15) is 5.56 Å². The fourth-order valence-electron chi connectivity index (χ4n) is 0.842. The zero-order chi connectivity index (χ0) is 11.3. The molecule has 0 heterocycles. The molecule has 0 atom stereocenters. The van der Waals surface area contributed by atoms with Gasteiger partial charge in [0.15, 0.2) is 0 Å². The Labute approximate surface area is 129 Å². The van der Waals surface area contributed by atoms with Gasteiger partial charge in [-0.05, 0) is 0 Å². The summed E-state index contributed by atoms with van der Waals surface area (Å²) in [7, 11) is 1.23. The molecule has 4 nitrogen and oxygen atoms in total. The number of methoxy groups -OCH3 is 1. The van der Waals surface area contributed by atoms with Gasteiger partial charge in [-0.25, -0.2) is 6.92 Å². The van der Waals surface area contributed by atoms with Crippen molar-refractivity contribution in [2.45, 2.75) is 0 Å². The number of hydrogen-bond acceptors (Lipinski definition) is 3. The summed E-state index contributed by atoms with van der Waals surface area (Å²) in [5, 5.41) is 4.23. The average Bonchev–Trinajstić information content (AvgIpc) is 2.26. The first-order valence-corrected chi connectivity index (χ1v) is 4.46. The van der Waals surface area contributed by atoms with Crippen LogP contribution in [0.1, 0.15) is 5.56 Å². The maximum atomic E-state index is 10.7. The molecule has 17 heavy (non-hydrogen) atoms. The van der Waals surface area contributed by atoms with E-state index in [0.29, 0.717) is 10.7 Å². The van der Waals surface area contributed by atoms with Crippen LogP contribution in [0.15, 0.2) is 29.4 Å². The first-order valence-electron chi connectivity index (χ1n) is 4.08. The molecule has 1 amide bonds. The van der Waals surface area contributed by atoms with Gasteiger partial charge in [-0.15, -0.1) is 17.8 Å². The molecule has 0 unspecified atom stereocenters. The molecule has 0 aliphatic heterocycles. The van der Waals surface area contributed by atoms with Crippen LogP contribution < -0.4 is 37.7 Å². The van der Waals surface area contributed by atoms with Crippen LogP contribution in [0.25, 0.3) is 5.43 Å². The monoisotopic (exact) mass is 238 g/mol. The van der Waals surface area contributed by atoms with Crippen LogP contribution in [-0.4, -0.2) is 18.9 Å². The predicted octanol–water partition coefficient (Wildman–Crippen LogP) is -2.97. The summed E-state index contributed by atoms with van der Waals surface area (Å²) in [6.45, 7) is 3.65. The van der Waals surface area contributed by atoms with E-state index in [1.165, 1.54) is 7.11 Å².